The van der Waals surface area contributed by atoms with Crippen molar-refractivity contribution in [2.75, 3.05) is 5.33 Å². The van der Waals surface area contributed by atoms with Crippen LogP contribution in [-0.2, 0) is 0 Å². The first-order chi connectivity index (χ1) is 5.24. The van der Waals surface area contributed by atoms with Crippen LogP contribution in [0.5, 0.6) is 0 Å². The van der Waals surface area contributed by atoms with Crippen molar-refractivity contribution in [1.29, 1.82) is 0 Å². The van der Waals surface area contributed by atoms with Gasteiger partial charge in [-0.05, 0) is 12.5 Å². The summed E-state index contributed by atoms with van der Waals surface area (Å²) in [4.78, 5) is 18.7. The first-order valence-corrected chi connectivity index (χ1v) is 4.24. The highest BCUT2D eigenvalue weighted by Gasteiger charge is 2.04. The van der Waals surface area contributed by atoms with Crippen LogP contribution in [0.15, 0.2) is 12.4 Å². The van der Waals surface area contributed by atoms with Crippen molar-refractivity contribution in [3.05, 3.63) is 23.8 Å². The molecule has 0 atom stereocenters. The molecule has 11 heavy (non-hydrogen) atoms. The standard InChI is InChI=1S/C7H7BrN2O/c1-5-3-9-7(10-4-5)6(11)2-8/h3-4H,2H2,1H3. The average Bonchev–Trinajstić information content (AvgIpc) is 2.05. The van der Waals surface area contributed by atoms with E-state index in [1.807, 2.05) is 6.92 Å². The van der Waals surface area contributed by atoms with E-state index >= 15 is 0 Å². The highest BCUT2D eigenvalue weighted by Crippen LogP contribution is 1.96. The summed E-state index contributed by atoms with van der Waals surface area (Å²) in [6.45, 7) is 1.88. The average molecular weight is 215 g/mol. The van der Waals surface area contributed by atoms with Crippen LogP contribution in [0.25, 0.3) is 0 Å². The summed E-state index contributed by atoms with van der Waals surface area (Å²) in [6.07, 6.45) is 3.26. The number of hydrogen-bond donors (Lipinski definition) is 0. The lowest BCUT2D eigenvalue weighted by atomic mass is 10.3. The van der Waals surface area contributed by atoms with Crippen molar-refractivity contribution in [1.82, 2.24) is 9.97 Å². The lowest BCUT2D eigenvalue weighted by Crippen LogP contribution is -2.05. The molecule has 0 fully saturated rings. The van der Waals surface area contributed by atoms with E-state index in [1.165, 1.54) is 0 Å². The van der Waals surface area contributed by atoms with Crippen LogP contribution in [-0.4, -0.2) is 21.1 Å². The van der Waals surface area contributed by atoms with Crippen LogP contribution in [0.4, 0.5) is 0 Å². The molecule has 1 aromatic rings. The number of aromatic nitrogens is 2. The van der Waals surface area contributed by atoms with Gasteiger partial charge in [-0.1, -0.05) is 15.9 Å². The smallest absolute Gasteiger partial charge is 0.210 e. The minimum Gasteiger partial charge on any atom is -0.290 e. The molecule has 0 bridgehead atoms. The molecule has 0 radical (unpaired) electrons. The van der Waals surface area contributed by atoms with E-state index in [1.54, 1.807) is 12.4 Å². The van der Waals surface area contributed by atoms with Gasteiger partial charge in [-0.3, -0.25) is 4.79 Å². The molecule has 0 saturated heterocycles. The van der Waals surface area contributed by atoms with Gasteiger partial charge in [-0.25, -0.2) is 9.97 Å². The summed E-state index contributed by atoms with van der Waals surface area (Å²) in [6, 6.07) is 0. The minimum atomic E-state index is -0.0926. The molecule has 0 N–H and O–H groups in total. The molecule has 4 heteroatoms. The number of Topliss-reactive ketones (excluding diaryl/α,β-unsaturated/α-hetero) is 1. The fraction of sp³-hybridized carbons (Fsp3) is 0.286. The molecule has 0 spiro atoms. The Morgan fingerprint density at radius 2 is 2.09 bits per heavy atom. The quantitative estimate of drug-likeness (QED) is 0.552. The Kier molecular flexibility index (Phi) is 2.70. The van der Waals surface area contributed by atoms with Gasteiger partial charge in [0.05, 0.1) is 5.33 Å². The number of carbonyl (C=O) groups is 1. The van der Waals surface area contributed by atoms with Crippen molar-refractivity contribution in [2.24, 2.45) is 0 Å². The molecule has 3 nitrogen and oxygen atoms in total. The molecule has 0 aliphatic heterocycles. The second kappa shape index (κ2) is 3.57. The number of ketones is 1. The topological polar surface area (TPSA) is 42.9 Å². The van der Waals surface area contributed by atoms with Gasteiger partial charge in [0.2, 0.25) is 5.78 Å². The molecule has 1 rings (SSSR count). The second-order valence-corrected chi connectivity index (χ2v) is 2.70. The Morgan fingerprint density at radius 3 is 2.55 bits per heavy atom. The molecule has 58 valence electrons. The predicted octanol–water partition coefficient (Wildman–Crippen LogP) is 1.36. The first-order valence-electron chi connectivity index (χ1n) is 3.12. The van der Waals surface area contributed by atoms with Gasteiger partial charge in [0, 0.05) is 12.4 Å². The fourth-order valence-electron chi connectivity index (χ4n) is 0.596. The van der Waals surface area contributed by atoms with Gasteiger partial charge in [0.1, 0.15) is 0 Å². The van der Waals surface area contributed by atoms with Gasteiger partial charge in [0.25, 0.3) is 0 Å². The zero-order valence-corrected chi connectivity index (χ0v) is 7.63. The summed E-state index contributed by atoms with van der Waals surface area (Å²) in [5, 5.41) is 0.274. The fourth-order valence-corrected chi connectivity index (χ4v) is 0.847. The van der Waals surface area contributed by atoms with Crippen molar-refractivity contribution in [2.45, 2.75) is 6.92 Å². The van der Waals surface area contributed by atoms with Crippen LogP contribution in [0.2, 0.25) is 0 Å². The maximum absolute atomic E-state index is 11.0. The molecule has 1 heterocycles. The Hall–Kier alpha value is -0.770. The van der Waals surface area contributed by atoms with E-state index in [2.05, 4.69) is 25.9 Å². The van der Waals surface area contributed by atoms with Crippen molar-refractivity contribution in [3.63, 3.8) is 0 Å². The minimum absolute atomic E-state index is 0.0926. The Bertz CT molecular complexity index is 258. The summed E-state index contributed by atoms with van der Waals surface area (Å²) in [5.74, 6) is 0.178. The van der Waals surface area contributed by atoms with Gasteiger partial charge in [0.15, 0.2) is 5.82 Å². The molecule has 0 aromatic carbocycles. The summed E-state index contributed by atoms with van der Waals surface area (Å²) in [7, 11) is 0. The molecular weight excluding hydrogens is 208 g/mol. The van der Waals surface area contributed by atoms with Crippen LogP contribution in [0.1, 0.15) is 16.2 Å². The van der Waals surface area contributed by atoms with E-state index in [0.717, 1.165) is 5.56 Å². The van der Waals surface area contributed by atoms with Crippen LogP contribution in [0.3, 0.4) is 0 Å². The third-order valence-electron chi connectivity index (χ3n) is 1.15. The normalized spacial score (nSPS) is 9.64. The summed E-state index contributed by atoms with van der Waals surface area (Å²) in [5.41, 5.74) is 0.955. The third-order valence-corrected chi connectivity index (χ3v) is 1.66. The SMILES string of the molecule is Cc1cnc(C(=O)CBr)nc1. The number of carbonyl (C=O) groups excluding carboxylic acids is 1. The van der Waals surface area contributed by atoms with Gasteiger partial charge in [-0.2, -0.15) is 0 Å². The number of aryl methyl sites for hydroxylation is 1. The van der Waals surface area contributed by atoms with Crippen LogP contribution in [0, 0.1) is 6.92 Å². The summed E-state index contributed by atoms with van der Waals surface area (Å²) >= 11 is 3.04. The van der Waals surface area contributed by atoms with Crippen LogP contribution < -0.4 is 0 Å². The largest absolute Gasteiger partial charge is 0.290 e. The highest BCUT2D eigenvalue weighted by molar-refractivity contribution is 9.09. The van der Waals surface area contributed by atoms with Crippen molar-refractivity contribution in [3.8, 4) is 0 Å². The van der Waals surface area contributed by atoms with Gasteiger partial charge >= 0.3 is 0 Å². The molecule has 0 unspecified atom stereocenters. The highest BCUT2D eigenvalue weighted by atomic mass is 79.9. The second-order valence-electron chi connectivity index (χ2n) is 2.14. The molecular formula is C7H7BrN2O. The van der Waals surface area contributed by atoms with Gasteiger partial charge < -0.3 is 0 Å². The zero-order chi connectivity index (χ0) is 8.27. The molecule has 0 aliphatic rings. The van der Waals surface area contributed by atoms with Crippen molar-refractivity contribution >= 4 is 21.7 Å². The number of alkyl halides is 1. The van der Waals surface area contributed by atoms with E-state index in [9.17, 15) is 4.79 Å². The zero-order valence-electron chi connectivity index (χ0n) is 6.04. The van der Waals surface area contributed by atoms with E-state index in [4.69, 9.17) is 0 Å². The Morgan fingerprint density at radius 1 is 1.55 bits per heavy atom. The van der Waals surface area contributed by atoms with Crippen molar-refractivity contribution < 1.29 is 4.79 Å². The Labute approximate surface area is 73.0 Å². The monoisotopic (exact) mass is 214 g/mol. The molecule has 1 aromatic heterocycles. The Balaban J connectivity index is 2.90. The maximum Gasteiger partial charge on any atom is 0.210 e. The third kappa shape index (κ3) is 2.08. The summed E-state index contributed by atoms with van der Waals surface area (Å²) < 4.78 is 0. The van der Waals surface area contributed by atoms with Gasteiger partial charge in [-0.15, -0.1) is 0 Å². The lowest BCUT2D eigenvalue weighted by molar-refractivity contribution is 0.101. The number of hydrogen-bond acceptors (Lipinski definition) is 3. The predicted molar refractivity (Wildman–Crippen MR) is 44.9 cm³/mol. The molecule has 0 amide bonds. The first kappa shape index (κ1) is 8.33. The maximum atomic E-state index is 11.0. The number of rotatable bonds is 2. The lowest BCUT2D eigenvalue weighted by Gasteiger charge is -1.94. The molecule has 0 aliphatic carbocycles. The number of halogens is 1. The van der Waals surface area contributed by atoms with E-state index < -0.39 is 0 Å². The van der Waals surface area contributed by atoms with Crippen LogP contribution >= 0.6 is 15.9 Å². The van der Waals surface area contributed by atoms with E-state index in [0.29, 0.717) is 0 Å². The number of nitrogens with zero attached hydrogens (tertiary/aromatic N) is 2. The van der Waals surface area contributed by atoms with E-state index in [-0.39, 0.29) is 16.9 Å². The molecule has 0 saturated carbocycles.